The molecule has 0 amide bonds. The Bertz CT molecular complexity index is 1210. The molecule has 0 N–H and O–H groups in total. The minimum Gasteiger partial charge on any atom is -0.263 e. The van der Waals surface area contributed by atoms with Crippen molar-refractivity contribution >= 4 is 10.1 Å². The van der Waals surface area contributed by atoms with Crippen molar-refractivity contribution < 1.29 is 12.6 Å². The van der Waals surface area contributed by atoms with Crippen molar-refractivity contribution in [2.45, 2.75) is 117 Å². The van der Waals surface area contributed by atoms with Crippen LogP contribution in [-0.2, 0) is 14.3 Å². The largest absolute Gasteiger partial charge is 0.297 e. The number of hydrogen-bond donors (Lipinski definition) is 0. The van der Waals surface area contributed by atoms with Gasteiger partial charge in [-0.3, -0.25) is 4.18 Å². The Hall–Kier alpha value is -1.39. The van der Waals surface area contributed by atoms with Crippen LogP contribution in [0.15, 0.2) is 53.0 Å². The van der Waals surface area contributed by atoms with Gasteiger partial charge in [0, 0.05) is 0 Å². The Morgan fingerprint density at radius 2 is 1.70 bits per heavy atom. The van der Waals surface area contributed by atoms with Gasteiger partial charge in [-0.05, 0) is 129 Å². The van der Waals surface area contributed by atoms with E-state index >= 15 is 0 Å². The fourth-order valence-corrected chi connectivity index (χ4v) is 10.9. The van der Waals surface area contributed by atoms with Crippen molar-refractivity contribution in [1.29, 1.82) is 0 Å². The van der Waals surface area contributed by atoms with Crippen LogP contribution in [-0.4, -0.2) is 14.5 Å². The summed E-state index contributed by atoms with van der Waals surface area (Å²) >= 11 is 0. The maximum absolute atomic E-state index is 13.0. The quantitative estimate of drug-likeness (QED) is 0.232. The molecule has 0 bridgehead atoms. The van der Waals surface area contributed by atoms with Crippen LogP contribution in [0, 0.1) is 59.2 Å². The number of hydrogen-bond acceptors (Lipinski definition) is 3. The van der Waals surface area contributed by atoms with E-state index in [0.29, 0.717) is 23.2 Å². The van der Waals surface area contributed by atoms with Crippen LogP contribution >= 0.6 is 0 Å². The fraction of sp³-hybridized carbons (Fsp3) is 0.722. The van der Waals surface area contributed by atoms with Crippen molar-refractivity contribution in [3.05, 3.63) is 53.6 Å². The minimum absolute atomic E-state index is 0.187. The first-order chi connectivity index (χ1) is 18.9. The average molecular weight is 567 g/mol. The molecule has 1 unspecified atom stereocenters. The summed E-state index contributed by atoms with van der Waals surface area (Å²) in [5.41, 5.74) is 3.15. The summed E-state index contributed by atoms with van der Waals surface area (Å²) in [6.45, 7) is 16.6. The van der Waals surface area contributed by atoms with Gasteiger partial charge in [-0.25, -0.2) is 0 Å². The van der Waals surface area contributed by atoms with E-state index in [0.717, 1.165) is 54.9 Å². The van der Waals surface area contributed by atoms with E-state index in [9.17, 15) is 8.42 Å². The summed E-state index contributed by atoms with van der Waals surface area (Å²) in [4.78, 5) is 0.268. The molecule has 9 atom stereocenters. The standard InChI is InChI=1S/C36H54O3S/c1-8-27(24(2)3)12-11-26(5)32-17-18-33-31-16-13-28-23-29(39-40(37,38)30-14-9-25(4)10-15-30)19-21-35(28,6)34(31)20-22-36(32,33)7/h9-15,24,26-27,29,31-34H,8,16-23H2,1-7H3/b12-11+/t26-,27-,29?,31+,32-,33+,34+,35+,36-/m1/s1. The first-order valence-corrected chi connectivity index (χ1v) is 17.7. The van der Waals surface area contributed by atoms with E-state index in [4.69, 9.17) is 4.18 Å². The zero-order chi connectivity index (χ0) is 28.9. The van der Waals surface area contributed by atoms with Crippen molar-refractivity contribution in [3.63, 3.8) is 0 Å². The minimum atomic E-state index is -3.74. The van der Waals surface area contributed by atoms with E-state index in [1.54, 1.807) is 12.1 Å². The summed E-state index contributed by atoms with van der Waals surface area (Å²) in [5.74, 6) is 5.13. The molecule has 3 fully saturated rings. The fourth-order valence-electron chi connectivity index (χ4n) is 9.84. The molecule has 0 aromatic heterocycles. The van der Waals surface area contributed by atoms with Gasteiger partial charge in [0.2, 0.25) is 0 Å². The monoisotopic (exact) mass is 566 g/mol. The SMILES string of the molecule is CC[C@H](/C=C/[C@@H](C)[C@H]1CC[C@H]2[C@@H]3CC=C4CC(OS(=O)(=O)c5ccc(C)cc5)CC[C@]4(C)[C@H]3CC[C@]12C)C(C)C. The molecule has 1 aromatic rings. The highest BCUT2D eigenvalue weighted by atomic mass is 32.2. The Morgan fingerprint density at radius 3 is 2.38 bits per heavy atom. The van der Waals surface area contributed by atoms with Gasteiger partial charge in [-0.15, -0.1) is 0 Å². The maximum Gasteiger partial charge on any atom is 0.297 e. The Labute approximate surface area is 245 Å². The number of allylic oxidation sites excluding steroid dienone is 3. The first-order valence-electron chi connectivity index (χ1n) is 16.3. The molecule has 0 heterocycles. The molecular weight excluding hydrogens is 512 g/mol. The summed E-state index contributed by atoms with van der Waals surface area (Å²) in [7, 11) is -3.74. The van der Waals surface area contributed by atoms with Crippen LogP contribution in [0.2, 0.25) is 0 Å². The van der Waals surface area contributed by atoms with Gasteiger partial charge in [0.1, 0.15) is 0 Å². The second-order valence-corrected chi connectivity index (χ2v) is 16.3. The van der Waals surface area contributed by atoms with Gasteiger partial charge in [0.25, 0.3) is 10.1 Å². The summed E-state index contributed by atoms with van der Waals surface area (Å²) < 4.78 is 31.9. The van der Waals surface area contributed by atoms with Crippen LogP contribution in [0.25, 0.3) is 0 Å². The average Bonchev–Trinajstić information content (AvgIpc) is 3.26. The second kappa shape index (κ2) is 11.4. The van der Waals surface area contributed by atoms with E-state index in [1.807, 2.05) is 19.1 Å². The van der Waals surface area contributed by atoms with Crippen molar-refractivity contribution in [2.75, 3.05) is 0 Å². The van der Waals surface area contributed by atoms with Crippen molar-refractivity contribution in [1.82, 2.24) is 0 Å². The smallest absolute Gasteiger partial charge is 0.263 e. The maximum atomic E-state index is 13.0. The summed E-state index contributed by atoms with van der Waals surface area (Å²) in [6, 6.07) is 7.01. The molecule has 4 heteroatoms. The number of aryl methyl sites for hydroxylation is 1. The van der Waals surface area contributed by atoms with E-state index < -0.39 is 10.1 Å². The van der Waals surface area contributed by atoms with Gasteiger partial charge in [-0.2, -0.15) is 8.42 Å². The van der Waals surface area contributed by atoms with Crippen LogP contribution < -0.4 is 0 Å². The molecule has 4 aliphatic carbocycles. The Balaban J connectivity index is 1.28. The molecule has 0 radical (unpaired) electrons. The summed E-state index contributed by atoms with van der Waals surface area (Å²) in [6.07, 6.45) is 17.8. The lowest BCUT2D eigenvalue weighted by atomic mass is 9.47. The third-order valence-electron chi connectivity index (χ3n) is 12.3. The number of fused-ring (bicyclic) bond motifs is 5. The van der Waals surface area contributed by atoms with Crippen molar-refractivity contribution in [3.8, 4) is 0 Å². The molecule has 1 aromatic carbocycles. The molecule has 40 heavy (non-hydrogen) atoms. The third kappa shape index (κ3) is 5.41. The summed E-state index contributed by atoms with van der Waals surface area (Å²) in [5, 5.41) is 0. The molecule has 0 saturated heterocycles. The number of benzene rings is 1. The van der Waals surface area contributed by atoms with Gasteiger partial charge in [0.15, 0.2) is 0 Å². The Kier molecular flexibility index (Phi) is 8.54. The zero-order valence-electron chi connectivity index (χ0n) is 26.2. The van der Waals surface area contributed by atoms with Gasteiger partial charge < -0.3 is 0 Å². The molecule has 3 nitrogen and oxygen atoms in total. The first kappa shape index (κ1) is 30.1. The van der Waals surface area contributed by atoms with Crippen LogP contribution in [0.3, 0.4) is 0 Å². The third-order valence-corrected chi connectivity index (χ3v) is 13.7. The van der Waals surface area contributed by atoms with Crippen LogP contribution in [0.5, 0.6) is 0 Å². The molecule has 0 aliphatic heterocycles. The zero-order valence-corrected chi connectivity index (χ0v) is 27.0. The normalized spacial score (nSPS) is 37.5. The van der Waals surface area contributed by atoms with Crippen molar-refractivity contribution in [2.24, 2.45) is 52.3 Å². The number of rotatable bonds is 8. The van der Waals surface area contributed by atoms with Gasteiger partial charge in [0.05, 0.1) is 11.0 Å². The van der Waals surface area contributed by atoms with E-state index in [1.165, 1.54) is 37.7 Å². The highest BCUT2D eigenvalue weighted by Crippen LogP contribution is 2.67. The highest BCUT2D eigenvalue weighted by molar-refractivity contribution is 7.86. The predicted molar refractivity (Wildman–Crippen MR) is 165 cm³/mol. The van der Waals surface area contributed by atoms with Crippen LogP contribution in [0.4, 0.5) is 0 Å². The lowest BCUT2D eigenvalue weighted by Gasteiger charge is -2.58. The van der Waals surface area contributed by atoms with E-state index in [2.05, 4.69) is 59.8 Å². The highest BCUT2D eigenvalue weighted by Gasteiger charge is 2.59. The van der Waals surface area contributed by atoms with Crippen LogP contribution in [0.1, 0.15) is 105 Å². The second-order valence-electron chi connectivity index (χ2n) is 14.8. The topological polar surface area (TPSA) is 43.4 Å². The predicted octanol–water partition coefficient (Wildman–Crippen LogP) is 9.52. The molecular formula is C36H54O3S. The molecule has 0 spiro atoms. The molecule has 3 saturated carbocycles. The lowest BCUT2D eigenvalue weighted by Crippen LogP contribution is -2.51. The molecule has 5 rings (SSSR count). The van der Waals surface area contributed by atoms with Gasteiger partial charge >= 0.3 is 0 Å². The lowest BCUT2D eigenvalue weighted by molar-refractivity contribution is -0.0523. The van der Waals surface area contributed by atoms with Gasteiger partial charge in [-0.1, -0.05) is 83.0 Å². The molecule has 222 valence electrons. The molecule has 4 aliphatic rings. The Morgan fingerprint density at radius 1 is 0.975 bits per heavy atom. The van der Waals surface area contributed by atoms with E-state index in [-0.39, 0.29) is 16.4 Å².